The Bertz CT molecular complexity index is 3540. The lowest BCUT2D eigenvalue weighted by molar-refractivity contribution is 0.953. The highest BCUT2D eigenvalue weighted by Crippen LogP contribution is 2.42. The van der Waals surface area contributed by atoms with Gasteiger partial charge in [-0.2, -0.15) is 9.97 Å². The van der Waals surface area contributed by atoms with Crippen LogP contribution in [0.2, 0.25) is 0 Å². The summed E-state index contributed by atoms with van der Waals surface area (Å²) in [5.41, 5.74) is 9.86. The van der Waals surface area contributed by atoms with E-state index in [2.05, 4.69) is 100 Å². The van der Waals surface area contributed by atoms with E-state index in [9.17, 15) is 0 Å². The Hall–Kier alpha value is -8.62. The highest BCUT2D eigenvalue weighted by atomic mass is 15.2. The highest BCUT2D eigenvalue weighted by molar-refractivity contribution is 6.28. The van der Waals surface area contributed by atoms with Crippen LogP contribution in [0.1, 0.15) is 0 Å². The number of aromatic nitrogens is 8. The third kappa shape index (κ3) is 5.92. The predicted molar refractivity (Wildman–Crippen MR) is 249 cm³/mol. The van der Waals surface area contributed by atoms with E-state index in [4.69, 9.17) is 29.9 Å². The number of fused-ring (bicyclic) bond motifs is 7. The van der Waals surface area contributed by atoms with E-state index >= 15 is 0 Å². The number of hydrogen-bond acceptors (Lipinski definition) is 6. The number of rotatable bonds is 7. The van der Waals surface area contributed by atoms with Crippen LogP contribution < -0.4 is 0 Å². The maximum absolute atomic E-state index is 5.27. The smallest absolute Gasteiger partial charge is 0.238 e. The van der Waals surface area contributed by atoms with Crippen LogP contribution in [0, 0.1) is 0 Å². The number of para-hydroxylation sites is 3. The van der Waals surface area contributed by atoms with Gasteiger partial charge in [-0.3, -0.25) is 4.57 Å². The minimum atomic E-state index is 0.535. The maximum Gasteiger partial charge on any atom is 0.238 e. The van der Waals surface area contributed by atoms with E-state index in [1.54, 1.807) is 0 Å². The minimum absolute atomic E-state index is 0.535. The molecule has 0 unspecified atom stereocenters. The van der Waals surface area contributed by atoms with Crippen molar-refractivity contribution in [1.29, 1.82) is 0 Å². The largest absolute Gasteiger partial charge is 0.309 e. The van der Waals surface area contributed by atoms with Gasteiger partial charge in [0.15, 0.2) is 29.1 Å². The molecule has 0 spiro atoms. The molecule has 4 heterocycles. The molecule has 0 radical (unpaired) electrons. The van der Waals surface area contributed by atoms with Crippen molar-refractivity contribution in [1.82, 2.24) is 39.0 Å². The normalized spacial score (nSPS) is 11.5. The molecule has 0 saturated carbocycles. The van der Waals surface area contributed by atoms with E-state index < -0.39 is 0 Å². The molecule has 0 N–H and O–H groups in total. The Labute approximate surface area is 356 Å². The van der Waals surface area contributed by atoms with E-state index in [1.165, 1.54) is 10.8 Å². The molecule has 0 fully saturated rings. The molecule has 0 aliphatic rings. The van der Waals surface area contributed by atoms with Crippen molar-refractivity contribution in [2.45, 2.75) is 0 Å². The Morgan fingerprint density at radius 1 is 0.242 bits per heavy atom. The summed E-state index contributed by atoms with van der Waals surface area (Å²) in [5, 5.41) is 4.65. The molecule has 4 aromatic heterocycles. The molecule has 0 aliphatic heterocycles. The van der Waals surface area contributed by atoms with Gasteiger partial charge in [0, 0.05) is 55.0 Å². The summed E-state index contributed by atoms with van der Waals surface area (Å²) < 4.78 is 4.54. The Balaban J connectivity index is 1.04. The average molecular weight is 795 g/mol. The summed E-state index contributed by atoms with van der Waals surface area (Å²) in [6.45, 7) is 0. The summed E-state index contributed by atoms with van der Waals surface area (Å²) in [6, 6.07) is 70.4. The molecule has 0 bridgehead atoms. The van der Waals surface area contributed by atoms with Crippen molar-refractivity contribution in [3.05, 3.63) is 206 Å². The molecular formula is C54H34N8. The fourth-order valence-corrected chi connectivity index (χ4v) is 8.61. The van der Waals surface area contributed by atoms with Gasteiger partial charge in [-0.25, -0.2) is 19.9 Å². The van der Waals surface area contributed by atoms with Gasteiger partial charge in [-0.15, -0.1) is 0 Å². The monoisotopic (exact) mass is 794 g/mol. The van der Waals surface area contributed by atoms with Crippen molar-refractivity contribution < 1.29 is 0 Å². The van der Waals surface area contributed by atoms with Crippen LogP contribution in [0.25, 0.3) is 112 Å². The van der Waals surface area contributed by atoms with Crippen molar-refractivity contribution in [2.75, 3.05) is 0 Å². The first kappa shape index (κ1) is 35.3. The zero-order chi connectivity index (χ0) is 41.0. The fourth-order valence-electron chi connectivity index (χ4n) is 8.61. The second-order valence-electron chi connectivity index (χ2n) is 15.2. The molecule has 8 aromatic carbocycles. The van der Waals surface area contributed by atoms with Crippen LogP contribution >= 0.6 is 0 Å². The Kier molecular flexibility index (Phi) is 8.31. The van der Waals surface area contributed by atoms with Crippen LogP contribution in [0.5, 0.6) is 0 Å². The van der Waals surface area contributed by atoms with Crippen LogP contribution in [0.15, 0.2) is 206 Å². The quantitative estimate of drug-likeness (QED) is 0.160. The zero-order valence-electron chi connectivity index (χ0n) is 33.2. The van der Waals surface area contributed by atoms with Gasteiger partial charge in [-0.1, -0.05) is 170 Å². The summed E-state index contributed by atoms with van der Waals surface area (Å²) in [4.78, 5) is 30.4. The van der Waals surface area contributed by atoms with E-state index in [0.717, 1.165) is 66.3 Å². The molecular weight excluding hydrogens is 761 g/mol. The molecule has 0 amide bonds. The first-order chi connectivity index (χ1) is 30.7. The third-order valence-corrected chi connectivity index (χ3v) is 11.4. The summed E-state index contributed by atoms with van der Waals surface area (Å²) >= 11 is 0. The van der Waals surface area contributed by atoms with Gasteiger partial charge in [0.05, 0.1) is 22.1 Å². The lowest BCUT2D eigenvalue weighted by atomic mass is 10.1. The minimum Gasteiger partial charge on any atom is -0.309 e. The number of benzene rings is 8. The summed E-state index contributed by atoms with van der Waals surface area (Å²) in [7, 11) is 0. The number of nitrogens with zero attached hydrogens (tertiary/aromatic N) is 8. The molecule has 290 valence electrons. The van der Waals surface area contributed by atoms with Gasteiger partial charge in [-0.05, 0) is 36.4 Å². The molecule has 8 heteroatoms. The van der Waals surface area contributed by atoms with Gasteiger partial charge >= 0.3 is 0 Å². The van der Waals surface area contributed by atoms with E-state index in [-0.39, 0.29) is 0 Å². The standard InChI is InChI=1S/C54H34N8/c1-5-17-35(18-6-1)49-55-50(36-19-7-2-8-20-36)57-51(56-49)38-29-31-39(32-30-38)53-58-52(37-21-9-3-10-22-37)59-54(60-53)62-44-28-16-14-26-42(44)48-46(62)34-33-45-47(48)41-25-13-15-27-43(41)61(45)40-23-11-4-12-24-40/h1-34H. The van der Waals surface area contributed by atoms with Gasteiger partial charge in [0.1, 0.15) is 0 Å². The second kappa shape index (κ2) is 14.6. The predicted octanol–water partition coefficient (Wildman–Crippen LogP) is 12.6. The van der Waals surface area contributed by atoms with Crippen LogP contribution in [0.4, 0.5) is 0 Å². The first-order valence-corrected chi connectivity index (χ1v) is 20.6. The molecule has 12 rings (SSSR count). The molecule has 62 heavy (non-hydrogen) atoms. The van der Waals surface area contributed by atoms with E-state index in [0.29, 0.717) is 35.1 Å². The van der Waals surface area contributed by atoms with Gasteiger partial charge in [0.2, 0.25) is 5.95 Å². The second-order valence-corrected chi connectivity index (χ2v) is 15.2. The van der Waals surface area contributed by atoms with Crippen molar-refractivity contribution >= 4 is 43.6 Å². The van der Waals surface area contributed by atoms with Crippen molar-refractivity contribution in [3.63, 3.8) is 0 Å². The van der Waals surface area contributed by atoms with Gasteiger partial charge in [0.25, 0.3) is 0 Å². The molecule has 0 aliphatic carbocycles. The third-order valence-electron chi connectivity index (χ3n) is 11.4. The van der Waals surface area contributed by atoms with Crippen molar-refractivity contribution in [3.8, 4) is 68.6 Å². The van der Waals surface area contributed by atoms with Gasteiger partial charge < -0.3 is 4.57 Å². The summed E-state index contributed by atoms with van der Waals surface area (Å²) in [5.74, 6) is 3.48. The first-order valence-electron chi connectivity index (χ1n) is 20.6. The molecule has 8 nitrogen and oxygen atoms in total. The fraction of sp³-hybridized carbons (Fsp3) is 0. The topological polar surface area (TPSA) is 87.2 Å². The molecule has 12 aromatic rings. The molecule has 0 atom stereocenters. The maximum atomic E-state index is 5.27. The Morgan fingerprint density at radius 2 is 0.565 bits per heavy atom. The van der Waals surface area contributed by atoms with E-state index in [1.807, 2.05) is 115 Å². The summed E-state index contributed by atoms with van der Waals surface area (Å²) in [6.07, 6.45) is 0. The van der Waals surface area contributed by atoms with Crippen LogP contribution in [0.3, 0.4) is 0 Å². The molecule has 0 saturated heterocycles. The highest BCUT2D eigenvalue weighted by Gasteiger charge is 2.23. The van der Waals surface area contributed by atoms with Crippen LogP contribution in [-0.4, -0.2) is 39.0 Å². The Morgan fingerprint density at radius 3 is 1.00 bits per heavy atom. The van der Waals surface area contributed by atoms with Crippen LogP contribution in [-0.2, 0) is 0 Å². The zero-order valence-corrected chi connectivity index (χ0v) is 33.2. The number of hydrogen-bond donors (Lipinski definition) is 0. The lowest BCUT2D eigenvalue weighted by Gasteiger charge is -2.12. The SMILES string of the molecule is c1ccc(-c2nc(-c3ccccc3)nc(-c3ccc(-c4nc(-c5ccccc5)nc(-n5c6ccccc6c6c7c8ccccc8n(-c8ccccc8)c7ccc65)n4)cc3)n2)cc1. The van der Waals surface area contributed by atoms with Crippen molar-refractivity contribution in [2.24, 2.45) is 0 Å². The lowest BCUT2D eigenvalue weighted by Crippen LogP contribution is -2.06. The average Bonchev–Trinajstić information content (AvgIpc) is 3.88.